The molecule has 0 aliphatic heterocycles. The molecule has 0 aliphatic rings. The molecule has 0 spiro atoms. The van der Waals surface area contributed by atoms with Crippen LogP contribution in [0.25, 0.3) is 11.6 Å². The van der Waals surface area contributed by atoms with Gasteiger partial charge in [0.1, 0.15) is 5.69 Å². The second kappa shape index (κ2) is 4.64. The van der Waals surface area contributed by atoms with Crippen LogP contribution in [0.15, 0.2) is 10.5 Å². The van der Waals surface area contributed by atoms with E-state index in [0.717, 1.165) is 5.69 Å². The van der Waals surface area contributed by atoms with Crippen LogP contribution in [0.3, 0.4) is 0 Å². The summed E-state index contributed by atoms with van der Waals surface area (Å²) in [5.41, 5.74) is 2.10. The average molecular weight is 249 g/mol. The van der Waals surface area contributed by atoms with Crippen LogP contribution in [0.2, 0.25) is 0 Å². The fourth-order valence-electron chi connectivity index (χ4n) is 1.56. The van der Waals surface area contributed by atoms with E-state index in [1.807, 2.05) is 20.0 Å². The molecular formula is C12H15N3O3. The van der Waals surface area contributed by atoms with Crippen molar-refractivity contribution in [3.05, 3.63) is 23.2 Å². The molecule has 0 aromatic carbocycles. The Balaban J connectivity index is 2.36. The number of carbonyl (C=O) groups excluding carboxylic acids is 1. The molecule has 0 amide bonds. The molecule has 0 saturated heterocycles. The third kappa shape index (κ3) is 2.13. The van der Waals surface area contributed by atoms with E-state index in [0.29, 0.717) is 23.9 Å². The van der Waals surface area contributed by atoms with Crippen molar-refractivity contribution in [1.82, 2.24) is 14.8 Å². The smallest absolute Gasteiger partial charge is 0.376 e. The first-order valence-electron chi connectivity index (χ1n) is 5.68. The summed E-state index contributed by atoms with van der Waals surface area (Å²) in [6, 6.07) is 1.85. The van der Waals surface area contributed by atoms with Crippen LogP contribution in [0.1, 0.15) is 28.9 Å². The lowest BCUT2D eigenvalue weighted by Gasteiger charge is -1.96. The fourth-order valence-corrected chi connectivity index (χ4v) is 1.56. The first-order chi connectivity index (χ1) is 8.52. The zero-order valence-electron chi connectivity index (χ0n) is 10.9. The number of nitrogens with zero attached hydrogens (tertiary/aromatic N) is 3. The maximum absolute atomic E-state index is 11.6. The molecule has 0 atom stereocenters. The predicted molar refractivity (Wildman–Crippen MR) is 64.1 cm³/mol. The van der Waals surface area contributed by atoms with Crippen molar-refractivity contribution in [1.29, 1.82) is 0 Å². The summed E-state index contributed by atoms with van der Waals surface area (Å²) in [4.78, 5) is 15.8. The lowest BCUT2D eigenvalue weighted by molar-refractivity contribution is 0.0490. The first kappa shape index (κ1) is 12.3. The van der Waals surface area contributed by atoms with Gasteiger partial charge in [-0.2, -0.15) is 5.10 Å². The van der Waals surface area contributed by atoms with Crippen LogP contribution in [-0.2, 0) is 11.8 Å². The van der Waals surface area contributed by atoms with Crippen LogP contribution in [0.4, 0.5) is 0 Å². The highest BCUT2D eigenvalue weighted by atomic mass is 16.5. The van der Waals surface area contributed by atoms with Crippen molar-refractivity contribution >= 4 is 5.97 Å². The van der Waals surface area contributed by atoms with Gasteiger partial charge in [-0.1, -0.05) is 0 Å². The molecule has 2 rings (SSSR count). The van der Waals surface area contributed by atoms with Crippen molar-refractivity contribution in [2.24, 2.45) is 7.05 Å². The van der Waals surface area contributed by atoms with Crippen molar-refractivity contribution in [2.45, 2.75) is 20.8 Å². The molecule has 0 radical (unpaired) electrons. The fraction of sp³-hybridized carbons (Fsp3) is 0.417. The highest BCUT2D eigenvalue weighted by molar-refractivity contribution is 5.87. The van der Waals surface area contributed by atoms with Gasteiger partial charge < -0.3 is 9.15 Å². The Bertz CT molecular complexity index is 564. The number of aryl methyl sites for hydroxylation is 3. The average Bonchev–Trinajstić information content (AvgIpc) is 2.84. The summed E-state index contributed by atoms with van der Waals surface area (Å²) < 4.78 is 12.0. The highest BCUT2D eigenvalue weighted by Gasteiger charge is 2.20. The Hall–Kier alpha value is -2.11. The van der Waals surface area contributed by atoms with Crippen molar-refractivity contribution < 1.29 is 13.9 Å². The number of oxazole rings is 1. The Morgan fingerprint density at radius 2 is 2.22 bits per heavy atom. The highest BCUT2D eigenvalue weighted by Crippen LogP contribution is 2.21. The molecule has 6 nitrogen and oxygen atoms in total. The van der Waals surface area contributed by atoms with Crippen LogP contribution < -0.4 is 0 Å². The van der Waals surface area contributed by atoms with Gasteiger partial charge in [0, 0.05) is 12.7 Å². The van der Waals surface area contributed by atoms with E-state index in [1.54, 1.807) is 18.5 Å². The van der Waals surface area contributed by atoms with E-state index in [-0.39, 0.29) is 5.76 Å². The normalized spacial score (nSPS) is 10.7. The Morgan fingerprint density at radius 3 is 2.78 bits per heavy atom. The number of carbonyl (C=O) groups is 1. The molecule has 6 heteroatoms. The molecule has 0 fully saturated rings. The molecule has 0 saturated carbocycles. The first-order valence-corrected chi connectivity index (χ1v) is 5.68. The molecular weight excluding hydrogens is 234 g/mol. The van der Waals surface area contributed by atoms with E-state index >= 15 is 0 Å². The predicted octanol–water partition coefficient (Wildman–Crippen LogP) is 1.87. The van der Waals surface area contributed by atoms with Gasteiger partial charge in [-0.25, -0.2) is 9.78 Å². The summed E-state index contributed by atoms with van der Waals surface area (Å²) in [6.07, 6.45) is 0. The molecule has 0 unspecified atom stereocenters. The van der Waals surface area contributed by atoms with Crippen LogP contribution in [-0.4, -0.2) is 27.3 Å². The molecule has 2 aromatic heterocycles. The lowest BCUT2D eigenvalue weighted by atomic mass is 10.3. The molecule has 18 heavy (non-hydrogen) atoms. The molecule has 2 heterocycles. The van der Waals surface area contributed by atoms with Crippen LogP contribution in [0.5, 0.6) is 0 Å². The largest absolute Gasteiger partial charge is 0.460 e. The zero-order chi connectivity index (χ0) is 13.3. The van der Waals surface area contributed by atoms with Gasteiger partial charge in [-0.3, -0.25) is 4.68 Å². The third-order valence-electron chi connectivity index (χ3n) is 2.59. The van der Waals surface area contributed by atoms with Gasteiger partial charge in [0.2, 0.25) is 11.7 Å². The van der Waals surface area contributed by atoms with E-state index < -0.39 is 5.97 Å². The maximum Gasteiger partial charge on any atom is 0.376 e. The zero-order valence-corrected chi connectivity index (χ0v) is 10.9. The lowest BCUT2D eigenvalue weighted by Crippen LogP contribution is -2.04. The van der Waals surface area contributed by atoms with Gasteiger partial charge >= 0.3 is 5.97 Å². The molecule has 96 valence electrons. The van der Waals surface area contributed by atoms with Gasteiger partial charge in [0.15, 0.2) is 0 Å². The minimum atomic E-state index is -0.499. The van der Waals surface area contributed by atoms with E-state index in [4.69, 9.17) is 9.15 Å². The summed E-state index contributed by atoms with van der Waals surface area (Å²) in [5.74, 6) is -0.0317. The second-order valence-electron chi connectivity index (χ2n) is 3.95. The van der Waals surface area contributed by atoms with E-state index in [1.165, 1.54) is 0 Å². The topological polar surface area (TPSA) is 70.2 Å². The molecule has 0 aliphatic carbocycles. The van der Waals surface area contributed by atoms with Crippen molar-refractivity contribution in [3.63, 3.8) is 0 Å². The second-order valence-corrected chi connectivity index (χ2v) is 3.95. The monoisotopic (exact) mass is 249 g/mol. The molecule has 0 N–H and O–H groups in total. The number of ether oxygens (including phenoxy) is 1. The van der Waals surface area contributed by atoms with Gasteiger partial charge in [-0.15, -0.1) is 0 Å². The third-order valence-corrected chi connectivity index (χ3v) is 2.59. The molecule has 2 aromatic rings. The van der Waals surface area contributed by atoms with Crippen LogP contribution >= 0.6 is 0 Å². The summed E-state index contributed by atoms with van der Waals surface area (Å²) in [5, 5.41) is 4.25. The molecule has 0 bridgehead atoms. The number of hydrogen-bond acceptors (Lipinski definition) is 5. The Kier molecular flexibility index (Phi) is 3.18. The van der Waals surface area contributed by atoms with Crippen LogP contribution in [0, 0.1) is 13.8 Å². The summed E-state index contributed by atoms with van der Waals surface area (Å²) >= 11 is 0. The number of esters is 1. The maximum atomic E-state index is 11.6. The number of aromatic nitrogens is 3. The van der Waals surface area contributed by atoms with Crippen molar-refractivity contribution in [3.8, 4) is 11.6 Å². The Labute approximate surface area is 105 Å². The van der Waals surface area contributed by atoms with Gasteiger partial charge in [0.05, 0.1) is 12.3 Å². The number of rotatable bonds is 3. The van der Waals surface area contributed by atoms with Crippen molar-refractivity contribution in [2.75, 3.05) is 6.61 Å². The summed E-state index contributed by atoms with van der Waals surface area (Å²) in [7, 11) is 1.83. The van der Waals surface area contributed by atoms with E-state index in [9.17, 15) is 4.79 Å². The number of hydrogen-bond donors (Lipinski definition) is 0. The quantitative estimate of drug-likeness (QED) is 0.776. The minimum absolute atomic E-state index is 0.134. The standard InChI is InChI=1S/C12H15N3O3/c1-5-17-12(16)10-8(3)13-11(18-10)9-6-7(2)15(4)14-9/h6H,5H2,1-4H3. The minimum Gasteiger partial charge on any atom is -0.460 e. The van der Waals surface area contributed by atoms with Gasteiger partial charge in [-0.05, 0) is 26.8 Å². The Morgan fingerprint density at radius 1 is 1.50 bits per heavy atom. The SMILES string of the molecule is CCOC(=O)c1oc(-c2cc(C)n(C)n2)nc1C. The summed E-state index contributed by atoms with van der Waals surface area (Å²) in [6.45, 7) is 5.68. The van der Waals surface area contributed by atoms with Gasteiger partial charge in [0.25, 0.3) is 0 Å². The van der Waals surface area contributed by atoms with E-state index in [2.05, 4.69) is 10.1 Å².